The zero-order chi connectivity index (χ0) is 15.8. The highest BCUT2D eigenvalue weighted by Gasteiger charge is 2.35. The molecule has 0 amide bonds. The quantitative estimate of drug-likeness (QED) is 0.805. The second-order valence-corrected chi connectivity index (χ2v) is 6.41. The average molecular weight is 318 g/mol. The third kappa shape index (κ3) is 3.06. The van der Waals surface area contributed by atoms with E-state index >= 15 is 0 Å². The number of hydrogen-bond acceptors (Lipinski definition) is 7. The van der Waals surface area contributed by atoms with E-state index in [9.17, 15) is 0 Å². The zero-order valence-electron chi connectivity index (χ0n) is 13.2. The molecular formula is C14H22N8O. The van der Waals surface area contributed by atoms with Gasteiger partial charge in [-0.3, -0.25) is 9.58 Å². The van der Waals surface area contributed by atoms with Crippen molar-refractivity contribution in [3.05, 3.63) is 18.1 Å². The lowest BCUT2D eigenvalue weighted by molar-refractivity contribution is 0.106. The number of likely N-dealkylation sites (tertiary alicyclic amines) is 1. The number of nitrogen functional groups attached to an aromatic ring is 1. The van der Waals surface area contributed by atoms with Crippen molar-refractivity contribution in [2.75, 3.05) is 19.4 Å². The van der Waals surface area contributed by atoms with Gasteiger partial charge in [0.1, 0.15) is 5.82 Å². The van der Waals surface area contributed by atoms with Crippen LogP contribution in [-0.2, 0) is 17.8 Å². The van der Waals surface area contributed by atoms with Gasteiger partial charge in [-0.15, -0.1) is 5.10 Å². The summed E-state index contributed by atoms with van der Waals surface area (Å²) < 4.78 is 9.44. The lowest BCUT2D eigenvalue weighted by Crippen LogP contribution is -2.34. The highest BCUT2D eigenvalue weighted by Crippen LogP contribution is 2.35. The zero-order valence-corrected chi connectivity index (χ0v) is 13.2. The van der Waals surface area contributed by atoms with E-state index in [1.165, 1.54) is 12.8 Å². The average Bonchev–Trinajstić information content (AvgIpc) is 2.95. The van der Waals surface area contributed by atoms with Crippen LogP contribution < -0.4 is 5.73 Å². The van der Waals surface area contributed by atoms with Gasteiger partial charge in [0.2, 0.25) is 0 Å². The number of nitrogens with two attached hydrogens (primary N) is 1. The normalized spacial score (nSPS) is 25.3. The molecular weight excluding hydrogens is 296 g/mol. The molecule has 0 bridgehead atoms. The first-order valence-corrected chi connectivity index (χ1v) is 8.05. The Hall–Kier alpha value is -2.00. The number of ether oxygens (including phenoxy) is 1. The molecule has 0 spiro atoms. The van der Waals surface area contributed by atoms with Crippen LogP contribution in [0.1, 0.15) is 31.1 Å². The molecule has 9 heteroatoms. The van der Waals surface area contributed by atoms with Gasteiger partial charge in [0.25, 0.3) is 0 Å². The largest absolute Gasteiger partial charge is 0.382 e. The summed E-state index contributed by atoms with van der Waals surface area (Å²) in [4.78, 5) is 2.39. The van der Waals surface area contributed by atoms with Crippen LogP contribution in [0.25, 0.3) is 0 Å². The number of nitrogens with zero attached hydrogens (tertiary/aromatic N) is 7. The second kappa shape index (κ2) is 5.89. The van der Waals surface area contributed by atoms with Crippen molar-refractivity contribution in [2.24, 2.45) is 0 Å². The van der Waals surface area contributed by atoms with Crippen LogP contribution in [0.15, 0.2) is 12.3 Å². The Kier molecular flexibility index (Phi) is 3.74. The summed E-state index contributed by atoms with van der Waals surface area (Å²) in [5.41, 5.74) is 5.71. The van der Waals surface area contributed by atoms with E-state index < -0.39 is 0 Å². The van der Waals surface area contributed by atoms with E-state index in [1.807, 2.05) is 21.6 Å². The van der Waals surface area contributed by atoms with Crippen LogP contribution >= 0.6 is 0 Å². The summed E-state index contributed by atoms with van der Waals surface area (Å²) in [5.74, 6) is 1.49. The van der Waals surface area contributed by atoms with Gasteiger partial charge in [-0.25, -0.2) is 4.68 Å². The highest BCUT2D eigenvalue weighted by atomic mass is 16.5. The molecule has 9 nitrogen and oxygen atoms in total. The lowest BCUT2D eigenvalue weighted by Gasteiger charge is -2.23. The van der Waals surface area contributed by atoms with Crippen LogP contribution in [0.2, 0.25) is 0 Å². The van der Waals surface area contributed by atoms with Gasteiger partial charge >= 0.3 is 0 Å². The van der Waals surface area contributed by atoms with E-state index in [0.717, 1.165) is 31.9 Å². The smallest absolute Gasteiger partial charge is 0.165 e. The second-order valence-electron chi connectivity index (χ2n) is 6.41. The summed E-state index contributed by atoms with van der Waals surface area (Å²) in [6.45, 7) is 2.42. The van der Waals surface area contributed by atoms with Gasteiger partial charge in [-0.2, -0.15) is 5.10 Å². The Morgan fingerprint density at radius 2 is 2.26 bits per heavy atom. The molecule has 1 aliphatic carbocycles. The fourth-order valence-electron chi connectivity index (χ4n) is 3.29. The number of tetrazole rings is 1. The fourth-order valence-corrected chi connectivity index (χ4v) is 3.29. The van der Waals surface area contributed by atoms with Crippen molar-refractivity contribution in [3.8, 4) is 0 Å². The Labute approximate surface area is 134 Å². The van der Waals surface area contributed by atoms with Crippen LogP contribution in [-0.4, -0.2) is 60.7 Å². The van der Waals surface area contributed by atoms with Crippen LogP contribution in [0.5, 0.6) is 0 Å². The molecule has 2 N–H and O–H groups in total. The number of rotatable bonds is 6. The van der Waals surface area contributed by atoms with Crippen molar-refractivity contribution >= 4 is 5.82 Å². The molecule has 0 radical (unpaired) electrons. The van der Waals surface area contributed by atoms with Crippen LogP contribution in [0.4, 0.5) is 5.82 Å². The molecule has 124 valence electrons. The summed E-state index contributed by atoms with van der Waals surface area (Å²) in [7, 11) is 1.77. The Morgan fingerprint density at radius 1 is 1.39 bits per heavy atom. The standard InChI is InChI=1S/C14H22N8O/c1-23-12-6-11(7-21-5-4-13(15)17-21)20(8-12)9-14-16-18-19-22(14)10-2-3-10/h4-5,10-12H,2-3,6-9H2,1H3,(H2,15,17)/t11-,12+/m0/s1. The molecule has 1 saturated heterocycles. The van der Waals surface area contributed by atoms with Crippen molar-refractivity contribution in [3.63, 3.8) is 0 Å². The number of aromatic nitrogens is 6. The monoisotopic (exact) mass is 318 g/mol. The molecule has 2 aliphatic rings. The maximum Gasteiger partial charge on any atom is 0.165 e. The molecule has 23 heavy (non-hydrogen) atoms. The minimum Gasteiger partial charge on any atom is -0.382 e. The van der Waals surface area contributed by atoms with Gasteiger partial charge in [0, 0.05) is 25.9 Å². The third-order valence-electron chi connectivity index (χ3n) is 4.68. The first kappa shape index (κ1) is 14.6. The summed E-state index contributed by atoms with van der Waals surface area (Å²) in [6, 6.07) is 2.65. The molecule has 0 aromatic carbocycles. The Bertz CT molecular complexity index is 663. The minimum atomic E-state index is 0.234. The van der Waals surface area contributed by atoms with Crippen molar-refractivity contribution < 1.29 is 4.74 Å². The lowest BCUT2D eigenvalue weighted by atomic mass is 10.2. The summed E-state index contributed by atoms with van der Waals surface area (Å²) in [6.07, 6.45) is 5.48. The van der Waals surface area contributed by atoms with Crippen molar-refractivity contribution in [1.29, 1.82) is 0 Å². The molecule has 2 aromatic rings. The summed E-state index contributed by atoms with van der Waals surface area (Å²) >= 11 is 0. The van der Waals surface area contributed by atoms with Crippen molar-refractivity contribution in [1.82, 2.24) is 34.9 Å². The maximum absolute atomic E-state index is 5.71. The summed E-state index contributed by atoms with van der Waals surface area (Å²) in [5, 5.41) is 16.5. The first-order valence-electron chi connectivity index (χ1n) is 8.05. The van der Waals surface area contributed by atoms with Gasteiger partial charge in [0.15, 0.2) is 5.82 Å². The highest BCUT2D eigenvalue weighted by molar-refractivity contribution is 5.23. The number of anilines is 1. The van der Waals surface area contributed by atoms with Gasteiger partial charge in [-0.05, 0) is 35.8 Å². The molecule has 2 fully saturated rings. The Balaban J connectivity index is 1.48. The van der Waals surface area contributed by atoms with Crippen molar-refractivity contribution in [2.45, 2.75) is 50.5 Å². The van der Waals surface area contributed by atoms with Crippen LogP contribution in [0, 0.1) is 0 Å². The number of methoxy groups -OCH3 is 1. The van der Waals surface area contributed by atoms with Gasteiger partial charge in [0.05, 0.1) is 25.2 Å². The molecule has 2 aromatic heterocycles. The molecule has 2 atom stereocenters. The van der Waals surface area contributed by atoms with E-state index in [2.05, 4.69) is 25.5 Å². The molecule has 3 heterocycles. The topological polar surface area (TPSA) is 99.9 Å². The van der Waals surface area contributed by atoms with Gasteiger partial charge in [-0.1, -0.05) is 0 Å². The SMILES string of the molecule is CO[C@@H]1C[C@@H](Cn2ccc(N)n2)N(Cc2nnnn2C2CC2)C1. The molecule has 4 rings (SSSR count). The van der Waals surface area contributed by atoms with E-state index in [0.29, 0.717) is 17.9 Å². The predicted octanol–water partition coefficient (Wildman–Crippen LogP) is 0.0762. The molecule has 1 aliphatic heterocycles. The van der Waals surface area contributed by atoms with E-state index in [1.54, 1.807) is 7.11 Å². The Morgan fingerprint density at radius 3 is 2.96 bits per heavy atom. The van der Waals surface area contributed by atoms with Gasteiger partial charge < -0.3 is 10.5 Å². The minimum absolute atomic E-state index is 0.234. The van der Waals surface area contributed by atoms with Crippen LogP contribution in [0.3, 0.4) is 0 Å². The number of hydrogen-bond donors (Lipinski definition) is 1. The third-order valence-corrected chi connectivity index (χ3v) is 4.68. The first-order chi connectivity index (χ1) is 11.2. The molecule has 1 saturated carbocycles. The predicted molar refractivity (Wildman–Crippen MR) is 82.3 cm³/mol. The fraction of sp³-hybridized carbons (Fsp3) is 0.714. The van der Waals surface area contributed by atoms with E-state index in [4.69, 9.17) is 10.5 Å². The maximum atomic E-state index is 5.71. The van der Waals surface area contributed by atoms with E-state index in [-0.39, 0.29) is 6.10 Å². The molecule has 0 unspecified atom stereocenters.